The van der Waals surface area contributed by atoms with E-state index in [9.17, 15) is 0 Å². The second-order valence-corrected chi connectivity index (χ2v) is 7.31. The Balaban J connectivity index is 0.00000576. The molecule has 6 nitrogen and oxygen atoms in total. The average Bonchev–Trinajstić information content (AvgIpc) is 2.56. The molecule has 0 amide bonds. The lowest BCUT2D eigenvalue weighted by Gasteiger charge is -2.31. The normalized spacial score (nSPS) is 16.6. The van der Waals surface area contributed by atoms with E-state index in [-0.39, 0.29) is 29.5 Å². The zero-order chi connectivity index (χ0) is 17.8. The molecule has 0 aliphatic carbocycles. The molecular formula is C18H39IN4O2. The summed E-state index contributed by atoms with van der Waals surface area (Å²) in [5.74, 6) is 1.57. The van der Waals surface area contributed by atoms with Crippen molar-refractivity contribution in [1.29, 1.82) is 0 Å². The lowest BCUT2D eigenvalue weighted by molar-refractivity contribution is 0.0203. The maximum absolute atomic E-state index is 5.80. The highest BCUT2D eigenvalue weighted by Gasteiger charge is 2.19. The molecule has 1 fully saturated rings. The Labute approximate surface area is 171 Å². The fourth-order valence-electron chi connectivity index (χ4n) is 2.30. The molecule has 2 N–H and O–H groups in total. The van der Waals surface area contributed by atoms with Crippen molar-refractivity contribution >= 4 is 29.9 Å². The van der Waals surface area contributed by atoms with Gasteiger partial charge in [-0.1, -0.05) is 0 Å². The first-order valence-electron chi connectivity index (χ1n) is 9.31. The summed E-state index contributed by atoms with van der Waals surface area (Å²) >= 11 is 0. The molecule has 0 bridgehead atoms. The minimum Gasteiger partial charge on any atom is -0.381 e. The van der Waals surface area contributed by atoms with Crippen molar-refractivity contribution in [3.05, 3.63) is 0 Å². The highest BCUT2D eigenvalue weighted by atomic mass is 127. The van der Waals surface area contributed by atoms with Crippen LogP contribution in [0.25, 0.3) is 0 Å². The lowest BCUT2D eigenvalue weighted by atomic mass is 10.0. The van der Waals surface area contributed by atoms with Crippen LogP contribution < -0.4 is 10.6 Å². The highest BCUT2D eigenvalue weighted by Crippen LogP contribution is 2.14. The maximum Gasteiger partial charge on any atom is 0.191 e. The summed E-state index contributed by atoms with van der Waals surface area (Å²) in [5.41, 5.74) is 0.0508. The summed E-state index contributed by atoms with van der Waals surface area (Å²) in [6.07, 6.45) is 3.26. The van der Waals surface area contributed by atoms with Gasteiger partial charge in [0, 0.05) is 45.1 Å². The minimum absolute atomic E-state index is 0. The topological polar surface area (TPSA) is 58.1 Å². The second kappa shape index (κ2) is 14.0. The van der Waals surface area contributed by atoms with E-state index >= 15 is 0 Å². The van der Waals surface area contributed by atoms with Gasteiger partial charge in [-0.3, -0.25) is 4.99 Å². The first-order chi connectivity index (χ1) is 11.5. The van der Waals surface area contributed by atoms with Gasteiger partial charge in [0.15, 0.2) is 5.96 Å². The van der Waals surface area contributed by atoms with E-state index in [1.54, 1.807) is 0 Å². The molecule has 1 aliphatic heterocycles. The number of nitrogens with one attached hydrogen (secondary N) is 2. The van der Waals surface area contributed by atoms with Crippen molar-refractivity contribution in [1.82, 2.24) is 15.5 Å². The average molecular weight is 470 g/mol. The van der Waals surface area contributed by atoms with Crippen LogP contribution in [-0.4, -0.2) is 76.6 Å². The number of ether oxygens (including phenoxy) is 2. The summed E-state index contributed by atoms with van der Waals surface area (Å²) in [6.45, 7) is 12.4. The molecule has 25 heavy (non-hydrogen) atoms. The van der Waals surface area contributed by atoms with Gasteiger partial charge in [0.05, 0.1) is 6.54 Å². The Bertz CT molecular complexity index is 359. The van der Waals surface area contributed by atoms with Crippen LogP contribution in [0.15, 0.2) is 4.99 Å². The van der Waals surface area contributed by atoms with E-state index in [0.717, 1.165) is 71.3 Å². The Hall–Kier alpha value is -0.120. The van der Waals surface area contributed by atoms with Gasteiger partial charge in [-0.25, -0.2) is 0 Å². The van der Waals surface area contributed by atoms with Crippen LogP contribution in [0.1, 0.15) is 40.0 Å². The molecule has 0 aromatic rings. The van der Waals surface area contributed by atoms with Crippen molar-refractivity contribution in [2.45, 2.75) is 45.6 Å². The smallest absolute Gasteiger partial charge is 0.191 e. The zero-order valence-corrected chi connectivity index (χ0v) is 19.1. The monoisotopic (exact) mass is 470 g/mol. The number of rotatable bonds is 10. The van der Waals surface area contributed by atoms with Crippen LogP contribution >= 0.6 is 24.0 Å². The third-order valence-corrected chi connectivity index (χ3v) is 4.63. The molecule has 0 saturated carbocycles. The van der Waals surface area contributed by atoms with E-state index in [1.165, 1.54) is 0 Å². The standard InChI is InChI=1S/C18H38N4O2.HI/c1-6-19-17(21-15-18(2,3)22(4)5)20-10-7-11-24-14-16-8-12-23-13-9-16;/h16H,6-15H2,1-5H3,(H2,19,20,21);1H. The van der Waals surface area contributed by atoms with Gasteiger partial charge < -0.3 is 25.0 Å². The second-order valence-electron chi connectivity index (χ2n) is 7.31. The zero-order valence-electron chi connectivity index (χ0n) is 16.8. The van der Waals surface area contributed by atoms with Gasteiger partial charge in [-0.2, -0.15) is 0 Å². The van der Waals surface area contributed by atoms with E-state index in [1.807, 2.05) is 0 Å². The largest absolute Gasteiger partial charge is 0.381 e. The molecule has 150 valence electrons. The fraction of sp³-hybridized carbons (Fsp3) is 0.944. The molecule has 1 saturated heterocycles. The summed E-state index contributed by atoms with van der Waals surface area (Å²) < 4.78 is 11.2. The molecule has 0 aromatic carbocycles. The molecule has 1 heterocycles. The van der Waals surface area contributed by atoms with Crippen LogP contribution in [0.2, 0.25) is 0 Å². The number of aliphatic imine (C=N–C) groups is 1. The molecule has 0 spiro atoms. The molecule has 0 atom stereocenters. The van der Waals surface area contributed by atoms with Gasteiger partial charge in [0.2, 0.25) is 0 Å². The van der Waals surface area contributed by atoms with Gasteiger partial charge in [0.1, 0.15) is 0 Å². The Morgan fingerprint density at radius 1 is 1.24 bits per heavy atom. The van der Waals surface area contributed by atoms with Gasteiger partial charge >= 0.3 is 0 Å². The van der Waals surface area contributed by atoms with Gasteiger partial charge in [-0.15, -0.1) is 24.0 Å². The van der Waals surface area contributed by atoms with Crippen molar-refractivity contribution < 1.29 is 9.47 Å². The van der Waals surface area contributed by atoms with E-state index < -0.39 is 0 Å². The highest BCUT2D eigenvalue weighted by molar-refractivity contribution is 14.0. The first-order valence-corrected chi connectivity index (χ1v) is 9.31. The Morgan fingerprint density at radius 3 is 2.52 bits per heavy atom. The summed E-state index contributed by atoms with van der Waals surface area (Å²) in [4.78, 5) is 6.89. The van der Waals surface area contributed by atoms with Crippen LogP contribution in [0.5, 0.6) is 0 Å². The van der Waals surface area contributed by atoms with Crippen molar-refractivity contribution in [3.8, 4) is 0 Å². The maximum atomic E-state index is 5.80. The van der Waals surface area contributed by atoms with Gasteiger partial charge in [-0.05, 0) is 60.0 Å². The number of hydrogen-bond donors (Lipinski definition) is 2. The molecule has 0 radical (unpaired) electrons. The Kier molecular flexibility index (Phi) is 13.9. The van der Waals surface area contributed by atoms with Crippen molar-refractivity contribution in [2.75, 3.05) is 60.2 Å². The number of likely N-dealkylation sites (N-methyl/N-ethyl adjacent to an activating group) is 1. The predicted octanol–water partition coefficient (Wildman–Crippen LogP) is 2.33. The minimum atomic E-state index is 0. The number of hydrogen-bond acceptors (Lipinski definition) is 4. The quantitative estimate of drug-likeness (QED) is 0.222. The fourth-order valence-corrected chi connectivity index (χ4v) is 2.30. The third-order valence-electron chi connectivity index (χ3n) is 4.63. The summed E-state index contributed by atoms with van der Waals surface area (Å²) in [6, 6.07) is 0. The molecule has 0 unspecified atom stereocenters. The van der Waals surface area contributed by atoms with Gasteiger partial charge in [0.25, 0.3) is 0 Å². The first kappa shape index (κ1) is 24.9. The SMILES string of the molecule is CCNC(=NCC(C)(C)N(C)C)NCCCOCC1CCOCC1.I. The van der Waals surface area contributed by atoms with Crippen LogP contribution in [-0.2, 0) is 9.47 Å². The summed E-state index contributed by atoms with van der Waals surface area (Å²) in [5, 5.41) is 6.69. The predicted molar refractivity (Wildman–Crippen MR) is 116 cm³/mol. The van der Waals surface area contributed by atoms with Crippen molar-refractivity contribution in [2.24, 2.45) is 10.9 Å². The van der Waals surface area contributed by atoms with Crippen LogP contribution in [0.4, 0.5) is 0 Å². The number of guanidine groups is 1. The molecule has 1 rings (SSSR count). The molecule has 7 heteroatoms. The molecule has 0 aromatic heterocycles. The number of halogens is 1. The van der Waals surface area contributed by atoms with E-state index in [0.29, 0.717) is 5.92 Å². The van der Waals surface area contributed by atoms with Crippen LogP contribution in [0, 0.1) is 5.92 Å². The number of nitrogens with zero attached hydrogens (tertiary/aromatic N) is 2. The van der Waals surface area contributed by atoms with E-state index in [4.69, 9.17) is 14.5 Å². The third kappa shape index (κ3) is 11.2. The van der Waals surface area contributed by atoms with Crippen LogP contribution in [0.3, 0.4) is 0 Å². The molecule has 1 aliphatic rings. The molecular weight excluding hydrogens is 431 g/mol. The van der Waals surface area contributed by atoms with E-state index in [2.05, 4.69) is 50.4 Å². The summed E-state index contributed by atoms with van der Waals surface area (Å²) in [7, 11) is 4.18. The lowest BCUT2D eigenvalue weighted by Crippen LogP contribution is -2.44. The Morgan fingerprint density at radius 2 is 1.92 bits per heavy atom. The van der Waals surface area contributed by atoms with Crippen molar-refractivity contribution in [3.63, 3.8) is 0 Å².